The monoisotopic (exact) mass is 640 g/mol. The molecule has 244 valence electrons. The van der Waals surface area contributed by atoms with Crippen molar-refractivity contribution in [1.82, 2.24) is 16.0 Å². The highest BCUT2D eigenvalue weighted by molar-refractivity contribution is 5.98. The third-order valence-electron chi connectivity index (χ3n) is 7.91. The number of hydrogen-bond acceptors (Lipinski definition) is 5. The Kier molecular flexibility index (Phi) is 12.1. The number of hydrogen-bond donors (Lipinski definition) is 4. The number of rotatable bonds is 15. The highest BCUT2D eigenvalue weighted by Crippen LogP contribution is 2.16. The summed E-state index contributed by atoms with van der Waals surface area (Å²) in [4.78, 5) is 40.7. The molecular weight excluding hydrogens is 600 g/mol. The fraction of sp³-hybridized carbons (Fsp3) is 0.175. The Morgan fingerprint density at radius 2 is 1.04 bits per heavy atom. The van der Waals surface area contributed by atoms with Crippen molar-refractivity contribution < 1.29 is 19.1 Å². The van der Waals surface area contributed by atoms with E-state index in [1.54, 1.807) is 24.3 Å². The van der Waals surface area contributed by atoms with E-state index in [4.69, 9.17) is 10.5 Å². The van der Waals surface area contributed by atoms with E-state index in [1.165, 1.54) is 0 Å². The van der Waals surface area contributed by atoms with Crippen LogP contribution in [0.25, 0.3) is 0 Å². The maximum absolute atomic E-state index is 13.9. The zero-order chi connectivity index (χ0) is 33.6. The van der Waals surface area contributed by atoms with Crippen LogP contribution in [-0.4, -0.2) is 29.8 Å². The number of nitrogens with one attached hydrogen (secondary N) is 3. The SMILES string of the molecule is NCc1ccc(CNC(=O)[C@H](Cc2ccccc2)NC(=O)[C@@H](Cc2ccc(OCc3ccccc3)cc2)NC(=O)c2ccccc2)cc1. The summed E-state index contributed by atoms with van der Waals surface area (Å²) in [7, 11) is 0. The molecular formula is C40H40N4O4. The Labute approximate surface area is 281 Å². The van der Waals surface area contributed by atoms with Crippen molar-refractivity contribution in [3.05, 3.63) is 173 Å². The summed E-state index contributed by atoms with van der Waals surface area (Å²) < 4.78 is 5.92. The molecule has 48 heavy (non-hydrogen) atoms. The van der Waals surface area contributed by atoms with Crippen molar-refractivity contribution in [3.8, 4) is 5.75 Å². The van der Waals surface area contributed by atoms with Crippen LogP contribution in [0.15, 0.2) is 140 Å². The predicted octanol–water partition coefficient (Wildman–Crippen LogP) is 5.11. The molecule has 8 heteroatoms. The van der Waals surface area contributed by atoms with Crippen molar-refractivity contribution in [2.45, 2.75) is 44.6 Å². The van der Waals surface area contributed by atoms with Crippen LogP contribution in [0.5, 0.6) is 5.75 Å². The van der Waals surface area contributed by atoms with Gasteiger partial charge in [-0.05, 0) is 52.1 Å². The van der Waals surface area contributed by atoms with Gasteiger partial charge in [-0.1, -0.05) is 115 Å². The standard InChI is InChI=1S/C40H40N4O4/c41-26-31-16-18-32(19-17-31)27-42-39(46)36(24-29-10-4-1-5-11-29)44-40(47)37(43-38(45)34-14-8-3-9-15-34)25-30-20-22-35(23-21-30)48-28-33-12-6-2-7-13-33/h1-23,36-37H,24-28,41H2,(H,42,46)(H,43,45)(H,44,47)/t36-,37+/m0/s1. The fourth-order valence-electron chi connectivity index (χ4n) is 5.18. The molecule has 0 saturated carbocycles. The largest absolute Gasteiger partial charge is 0.489 e. The molecule has 0 bridgehead atoms. The highest BCUT2D eigenvalue weighted by Gasteiger charge is 2.28. The van der Waals surface area contributed by atoms with Crippen molar-refractivity contribution in [1.29, 1.82) is 0 Å². The lowest BCUT2D eigenvalue weighted by molar-refractivity contribution is -0.130. The molecule has 5 N–H and O–H groups in total. The average molecular weight is 641 g/mol. The summed E-state index contributed by atoms with van der Waals surface area (Å²) in [6.07, 6.45) is 0.480. The van der Waals surface area contributed by atoms with Gasteiger partial charge in [0.15, 0.2) is 0 Å². The van der Waals surface area contributed by atoms with Crippen LogP contribution in [0.4, 0.5) is 0 Å². The van der Waals surface area contributed by atoms with E-state index in [1.807, 2.05) is 115 Å². The minimum absolute atomic E-state index is 0.205. The second-order valence-corrected chi connectivity index (χ2v) is 11.5. The number of carbonyl (C=O) groups excluding carboxylic acids is 3. The molecule has 0 aromatic heterocycles. The van der Waals surface area contributed by atoms with E-state index < -0.39 is 18.0 Å². The predicted molar refractivity (Wildman–Crippen MR) is 187 cm³/mol. The molecule has 3 amide bonds. The van der Waals surface area contributed by atoms with Crippen molar-refractivity contribution >= 4 is 17.7 Å². The normalized spacial score (nSPS) is 11.9. The molecule has 5 aromatic carbocycles. The van der Waals surface area contributed by atoms with Crippen LogP contribution in [0, 0.1) is 0 Å². The van der Waals surface area contributed by atoms with Crippen molar-refractivity contribution in [2.24, 2.45) is 5.73 Å². The molecule has 0 fully saturated rings. The van der Waals surface area contributed by atoms with E-state index in [9.17, 15) is 14.4 Å². The van der Waals surface area contributed by atoms with E-state index in [0.29, 0.717) is 24.5 Å². The first-order valence-corrected chi connectivity index (χ1v) is 16.0. The zero-order valence-electron chi connectivity index (χ0n) is 26.7. The number of carbonyl (C=O) groups is 3. The number of nitrogens with two attached hydrogens (primary N) is 1. The number of benzene rings is 5. The summed E-state index contributed by atoms with van der Waals surface area (Å²) in [6.45, 7) is 1.16. The van der Waals surface area contributed by atoms with Crippen molar-refractivity contribution in [2.75, 3.05) is 0 Å². The Bertz CT molecular complexity index is 1750. The van der Waals surface area contributed by atoms with Gasteiger partial charge in [0.1, 0.15) is 24.4 Å². The van der Waals surface area contributed by atoms with Gasteiger partial charge in [0.2, 0.25) is 11.8 Å². The summed E-state index contributed by atoms with van der Waals surface area (Å²) in [5.41, 5.74) is 10.8. The third kappa shape index (κ3) is 10.1. The lowest BCUT2D eigenvalue weighted by Crippen LogP contribution is -2.55. The first-order valence-electron chi connectivity index (χ1n) is 16.0. The smallest absolute Gasteiger partial charge is 0.251 e. The van der Waals surface area contributed by atoms with Crippen LogP contribution in [0.2, 0.25) is 0 Å². The van der Waals surface area contributed by atoms with E-state index >= 15 is 0 Å². The molecule has 0 radical (unpaired) electrons. The maximum Gasteiger partial charge on any atom is 0.251 e. The zero-order valence-corrected chi connectivity index (χ0v) is 26.7. The molecule has 2 atom stereocenters. The molecule has 0 aliphatic carbocycles. The summed E-state index contributed by atoms with van der Waals surface area (Å²) >= 11 is 0. The topological polar surface area (TPSA) is 123 Å². The van der Waals surface area contributed by atoms with E-state index in [-0.39, 0.29) is 31.2 Å². The van der Waals surface area contributed by atoms with E-state index in [0.717, 1.165) is 27.8 Å². The molecule has 0 saturated heterocycles. The minimum atomic E-state index is -0.955. The minimum Gasteiger partial charge on any atom is -0.489 e. The van der Waals surface area contributed by atoms with Gasteiger partial charge in [0, 0.05) is 31.5 Å². The lowest BCUT2D eigenvalue weighted by atomic mass is 10.0. The van der Waals surface area contributed by atoms with Crippen LogP contribution in [0.1, 0.15) is 38.2 Å². The van der Waals surface area contributed by atoms with Gasteiger partial charge in [-0.3, -0.25) is 14.4 Å². The lowest BCUT2D eigenvalue weighted by Gasteiger charge is -2.24. The number of amides is 3. The molecule has 8 nitrogen and oxygen atoms in total. The number of ether oxygens (including phenoxy) is 1. The maximum atomic E-state index is 13.9. The van der Waals surface area contributed by atoms with Gasteiger partial charge < -0.3 is 26.4 Å². The van der Waals surface area contributed by atoms with Crippen LogP contribution in [0.3, 0.4) is 0 Å². The Balaban J connectivity index is 1.31. The highest BCUT2D eigenvalue weighted by atomic mass is 16.5. The van der Waals surface area contributed by atoms with Crippen LogP contribution in [-0.2, 0) is 42.1 Å². The quantitative estimate of drug-likeness (QED) is 0.127. The van der Waals surface area contributed by atoms with Gasteiger partial charge in [-0.2, -0.15) is 0 Å². The van der Waals surface area contributed by atoms with Gasteiger partial charge in [0.25, 0.3) is 5.91 Å². The molecule has 0 unspecified atom stereocenters. The summed E-state index contributed by atoms with van der Waals surface area (Å²) in [5.74, 6) is -0.493. The van der Waals surface area contributed by atoms with Gasteiger partial charge in [0.05, 0.1) is 0 Å². The van der Waals surface area contributed by atoms with Gasteiger partial charge >= 0.3 is 0 Å². The average Bonchev–Trinajstić information content (AvgIpc) is 3.14. The van der Waals surface area contributed by atoms with Crippen molar-refractivity contribution in [3.63, 3.8) is 0 Å². The van der Waals surface area contributed by atoms with Crippen LogP contribution >= 0.6 is 0 Å². The second-order valence-electron chi connectivity index (χ2n) is 11.5. The molecule has 0 heterocycles. The Morgan fingerprint density at radius 1 is 0.542 bits per heavy atom. The van der Waals surface area contributed by atoms with E-state index in [2.05, 4.69) is 16.0 Å². The Morgan fingerprint density at radius 3 is 1.65 bits per heavy atom. The second kappa shape index (κ2) is 17.3. The molecule has 5 rings (SSSR count). The molecule has 5 aromatic rings. The first kappa shape index (κ1) is 33.6. The van der Waals surface area contributed by atoms with Gasteiger partial charge in [-0.25, -0.2) is 0 Å². The molecule has 0 spiro atoms. The van der Waals surface area contributed by atoms with Crippen LogP contribution < -0.4 is 26.4 Å². The Hall–Kier alpha value is -5.73. The molecule has 0 aliphatic rings. The van der Waals surface area contributed by atoms with Gasteiger partial charge in [-0.15, -0.1) is 0 Å². The first-order chi connectivity index (χ1) is 23.5. The molecule has 0 aliphatic heterocycles. The summed E-state index contributed by atoms with van der Waals surface area (Å²) in [6, 6.07) is 41.4. The third-order valence-corrected chi connectivity index (χ3v) is 7.91. The summed E-state index contributed by atoms with van der Waals surface area (Å²) in [5, 5.41) is 8.80. The fourth-order valence-corrected chi connectivity index (χ4v) is 5.18.